The second-order valence-electron chi connectivity index (χ2n) is 3.15. The first-order valence-corrected chi connectivity index (χ1v) is 4.36. The molecule has 0 saturated carbocycles. The predicted molar refractivity (Wildman–Crippen MR) is 48.0 cm³/mol. The molecule has 0 spiro atoms. The molecule has 0 radical (unpaired) electrons. The second-order valence-corrected chi connectivity index (χ2v) is 3.15. The van der Waals surface area contributed by atoms with Gasteiger partial charge in [-0.3, -0.25) is 4.79 Å². The third-order valence-electron chi connectivity index (χ3n) is 1.29. The Bertz CT molecular complexity index is 195. The van der Waals surface area contributed by atoms with E-state index in [1.54, 1.807) is 0 Å². The van der Waals surface area contributed by atoms with Crippen molar-refractivity contribution >= 4 is 12.0 Å². The number of hydrogen-bond donors (Lipinski definition) is 0. The molecule has 0 aromatic carbocycles. The van der Waals surface area contributed by atoms with Crippen LogP contribution in [-0.2, 0) is 14.3 Å². The maximum Gasteiger partial charge on any atom is 0.305 e. The van der Waals surface area contributed by atoms with Gasteiger partial charge in [0.25, 0.3) is 0 Å². The zero-order chi connectivity index (χ0) is 10.1. The van der Waals surface area contributed by atoms with Crippen molar-refractivity contribution in [2.75, 3.05) is 13.2 Å². The molecule has 4 nitrogen and oxygen atoms in total. The molecule has 0 aromatic rings. The van der Waals surface area contributed by atoms with Crippen molar-refractivity contribution in [1.29, 1.82) is 0 Å². The number of ether oxygens (including phenoxy) is 1. The number of hydrogen-bond acceptors (Lipinski definition) is 4. The van der Waals surface area contributed by atoms with Crippen LogP contribution in [0.3, 0.4) is 0 Å². The van der Waals surface area contributed by atoms with Crippen LogP contribution >= 0.6 is 0 Å². The summed E-state index contributed by atoms with van der Waals surface area (Å²) in [5.41, 5.74) is 0. The van der Waals surface area contributed by atoms with Crippen LogP contribution in [0, 0.1) is 5.92 Å². The fourth-order valence-corrected chi connectivity index (χ4v) is 0.680. The quantitative estimate of drug-likeness (QED) is 0.271. The van der Waals surface area contributed by atoms with Crippen LogP contribution in [0.5, 0.6) is 0 Å². The molecule has 0 aromatic heterocycles. The normalized spacial score (nSPS) is 9.46. The zero-order valence-electron chi connectivity index (χ0n) is 8.08. The summed E-state index contributed by atoms with van der Waals surface area (Å²) in [6, 6.07) is 0. The lowest BCUT2D eigenvalue weighted by Crippen LogP contribution is -2.09. The van der Waals surface area contributed by atoms with Gasteiger partial charge in [0.1, 0.15) is 0 Å². The van der Waals surface area contributed by atoms with Gasteiger partial charge in [0.15, 0.2) is 0 Å². The summed E-state index contributed by atoms with van der Waals surface area (Å²) < 4.78 is 4.90. The van der Waals surface area contributed by atoms with E-state index in [0.717, 1.165) is 0 Å². The molecule has 0 fully saturated rings. The van der Waals surface area contributed by atoms with E-state index >= 15 is 0 Å². The van der Waals surface area contributed by atoms with Gasteiger partial charge in [0.2, 0.25) is 6.08 Å². The molecule has 0 aliphatic rings. The van der Waals surface area contributed by atoms with Crippen LogP contribution in [-0.4, -0.2) is 25.2 Å². The minimum atomic E-state index is -0.227. The summed E-state index contributed by atoms with van der Waals surface area (Å²) in [4.78, 5) is 23.9. The highest BCUT2D eigenvalue weighted by atomic mass is 16.5. The van der Waals surface area contributed by atoms with Crippen molar-refractivity contribution in [3.63, 3.8) is 0 Å². The van der Waals surface area contributed by atoms with Gasteiger partial charge in [0, 0.05) is 6.42 Å². The minimum Gasteiger partial charge on any atom is -0.465 e. The van der Waals surface area contributed by atoms with Crippen LogP contribution in [0.25, 0.3) is 0 Å². The van der Waals surface area contributed by atoms with Crippen LogP contribution < -0.4 is 0 Å². The Kier molecular flexibility index (Phi) is 6.83. The Morgan fingerprint density at radius 1 is 1.54 bits per heavy atom. The van der Waals surface area contributed by atoms with Crippen molar-refractivity contribution in [2.24, 2.45) is 10.9 Å². The number of rotatable bonds is 6. The van der Waals surface area contributed by atoms with E-state index in [-0.39, 0.29) is 5.97 Å². The van der Waals surface area contributed by atoms with Crippen molar-refractivity contribution in [3.8, 4) is 0 Å². The third-order valence-corrected chi connectivity index (χ3v) is 1.29. The first-order chi connectivity index (χ1) is 6.16. The zero-order valence-corrected chi connectivity index (χ0v) is 8.08. The molecule has 74 valence electrons. The molecule has 4 heteroatoms. The number of aliphatic imine (C=N–C) groups is 1. The van der Waals surface area contributed by atoms with Gasteiger partial charge in [-0.25, -0.2) is 9.79 Å². The summed E-state index contributed by atoms with van der Waals surface area (Å²) in [6.07, 6.45) is 2.28. The molecule has 0 heterocycles. The lowest BCUT2D eigenvalue weighted by atomic mass is 10.2. The minimum absolute atomic E-state index is 0.227. The van der Waals surface area contributed by atoms with E-state index < -0.39 is 0 Å². The van der Waals surface area contributed by atoms with Crippen molar-refractivity contribution in [2.45, 2.75) is 26.7 Å². The Morgan fingerprint density at radius 3 is 2.77 bits per heavy atom. The number of esters is 1. The smallest absolute Gasteiger partial charge is 0.305 e. The monoisotopic (exact) mass is 185 g/mol. The van der Waals surface area contributed by atoms with Gasteiger partial charge < -0.3 is 4.74 Å². The van der Waals surface area contributed by atoms with Gasteiger partial charge in [-0.2, -0.15) is 0 Å². The Labute approximate surface area is 78.0 Å². The van der Waals surface area contributed by atoms with E-state index in [9.17, 15) is 9.59 Å². The maximum atomic E-state index is 10.9. The van der Waals surface area contributed by atoms with E-state index in [4.69, 9.17) is 4.74 Å². The molecule has 0 rings (SSSR count). The second kappa shape index (κ2) is 7.50. The molecule has 0 aliphatic heterocycles. The average Bonchev–Trinajstić information content (AvgIpc) is 2.09. The molecule has 0 saturated heterocycles. The third kappa shape index (κ3) is 8.76. The maximum absolute atomic E-state index is 10.9. The number of carbonyl (C=O) groups is 1. The van der Waals surface area contributed by atoms with Gasteiger partial charge in [0.05, 0.1) is 13.2 Å². The molecular weight excluding hydrogens is 170 g/mol. The van der Waals surface area contributed by atoms with Gasteiger partial charge in [-0.05, 0) is 12.3 Å². The molecule has 13 heavy (non-hydrogen) atoms. The van der Waals surface area contributed by atoms with Crippen LogP contribution in [0.1, 0.15) is 26.7 Å². The topological polar surface area (TPSA) is 55.7 Å². The largest absolute Gasteiger partial charge is 0.465 e. The summed E-state index contributed by atoms with van der Waals surface area (Å²) in [7, 11) is 0. The fourth-order valence-electron chi connectivity index (χ4n) is 0.680. The van der Waals surface area contributed by atoms with E-state index in [1.165, 1.54) is 6.08 Å². The number of nitrogens with zero attached hydrogens (tertiary/aromatic N) is 1. The lowest BCUT2D eigenvalue weighted by Gasteiger charge is -2.05. The van der Waals surface area contributed by atoms with Crippen LogP contribution in [0.15, 0.2) is 4.99 Å². The standard InChI is InChI=1S/C9H15NO3/c1-8(2)6-13-9(12)4-3-5-10-7-11/h8H,3-6H2,1-2H3. The summed E-state index contributed by atoms with van der Waals surface area (Å²) >= 11 is 0. The van der Waals surface area contributed by atoms with Gasteiger partial charge in [-0.1, -0.05) is 13.8 Å². The lowest BCUT2D eigenvalue weighted by molar-refractivity contribution is -0.144. The highest BCUT2D eigenvalue weighted by Crippen LogP contribution is 1.97. The molecule has 0 bridgehead atoms. The molecule has 0 N–H and O–H groups in total. The van der Waals surface area contributed by atoms with Crippen molar-refractivity contribution < 1.29 is 14.3 Å². The Balaban J connectivity index is 3.35. The van der Waals surface area contributed by atoms with Crippen LogP contribution in [0.2, 0.25) is 0 Å². The predicted octanol–water partition coefficient (Wildman–Crippen LogP) is 1.30. The molecule has 0 amide bonds. The highest BCUT2D eigenvalue weighted by molar-refractivity contribution is 5.69. The van der Waals surface area contributed by atoms with Crippen molar-refractivity contribution in [1.82, 2.24) is 0 Å². The fraction of sp³-hybridized carbons (Fsp3) is 0.778. The highest BCUT2D eigenvalue weighted by Gasteiger charge is 2.03. The van der Waals surface area contributed by atoms with Crippen molar-refractivity contribution in [3.05, 3.63) is 0 Å². The molecule has 0 unspecified atom stereocenters. The molecular formula is C9H15NO3. The van der Waals surface area contributed by atoms with E-state index in [0.29, 0.717) is 31.9 Å². The summed E-state index contributed by atoms with van der Waals surface area (Å²) in [6.45, 7) is 4.75. The van der Waals surface area contributed by atoms with E-state index in [1.807, 2.05) is 13.8 Å². The van der Waals surface area contributed by atoms with E-state index in [2.05, 4.69) is 4.99 Å². The van der Waals surface area contributed by atoms with Crippen LogP contribution in [0.4, 0.5) is 0 Å². The molecule has 0 atom stereocenters. The van der Waals surface area contributed by atoms with Gasteiger partial charge >= 0.3 is 5.97 Å². The average molecular weight is 185 g/mol. The number of carbonyl (C=O) groups excluding carboxylic acids is 2. The van der Waals surface area contributed by atoms with Gasteiger partial charge in [-0.15, -0.1) is 0 Å². The summed E-state index contributed by atoms with van der Waals surface area (Å²) in [5.74, 6) is 0.131. The first-order valence-electron chi connectivity index (χ1n) is 4.36. The molecule has 0 aliphatic carbocycles. The SMILES string of the molecule is CC(C)COC(=O)CCCN=C=O. The summed E-state index contributed by atoms with van der Waals surface area (Å²) in [5, 5.41) is 0. The first kappa shape index (κ1) is 11.8. The Morgan fingerprint density at radius 2 is 2.23 bits per heavy atom. The number of isocyanates is 1. The Hall–Kier alpha value is -1.15.